The molecule has 28 heavy (non-hydrogen) atoms. The van der Waals surface area contributed by atoms with Gasteiger partial charge in [0.1, 0.15) is 0 Å². The van der Waals surface area contributed by atoms with E-state index in [0.717, 1.165) is 27.7 Å². The standard InChI is InChI=1S/C23H25NO4/c1-4-27-22(25)21(23(26)28-5-2)20(16-11-7-6-8-12-16)19-15(3)24-18-14-10-9-13-17(18)19/h6-14,20-21,24H,4-5H2,1-3H3. The second-order valence-corrected chi connectivity index (χ2v) is 6.58. The first kappa shape index (κ1) is 19.7. The average Bonchev–Trinajstić information content (AvgIpc) is 3.02. The highest BCUT2D eigenvalue weighted by molar-refractivity contribution is 5.98. The highest BCUT2D eigenvalue weighted by Crippen LogP contribution is 2.39. The monoisotopic (exact) mass is 379 g/mol. The quantitative estimate of drug-likeness (QED) is 0.489. The average molecular weight is 379 g/mol. The molecule has 1 unspecified atom stereocenters. The topological polar surface area (TPSA) is 68.4 Å². The van der Waals surface area contributed by atoms with E-state index in [9.17, 15) is 9.59 Å². The zero-order valence-electron chi connectivity index (χ0n) is 16.4. The molecule has 0 bridgehead atoms. The summed E-state index contributed by atoms with van der Waals surface area (Å²) in [6.07, 6.45) is 0. The largest absolute Gasteiger partial charge is 0.465 e. The van der Waals surface area contributed by atoms with Crippen LogP contribution in [0.3, 0.4) is 0 Å². The van der Waals surface area contributed by atoms with E-state index in [2.05, 4.69) is 4.98 Å². The molecular weight excluding hydrogens is 354 g/mol. The number of rotatable bonds is 7. The minimum Gasteiger partial charge on any atom is -0.465 e. The van der Waals surface area contributed by atoms with E-state index in [0.29, 0.717) is 0 Å². The third kappa shape index (κ3) is 3.79. The Kier molecular flexibility index (Phi) is 6.14. The number of para-hydroxylation sites is 1. The van der Waals surface area contributed by atoms with Crippen molar-refractivity contribution in [1.29, 1.82) is 0 Å². The number of hydrogen-bond acceptors (Lipinski definition) is 4. The zero-order valence-corrected chi connectivity index (χ0v) is 16.4. The molecule has 0 amide bonds. The molecule has 3 aromatic rings. The summed E-state index contributed by atoms with van der Waals surface area (Å²) < 4.78 is 10.5. The highest BCUT2D eigenvalue weighted by atomic mass is 16.6. The van der Waals surface area contributed by atoms with Crippen LogP contribution in [0.4, 0.5) is 0 Å². The van der Waals surface area contributed by atoms with Gasteiger partial charge in [-0.3, -0.25) is 9.59 Å². The third-order valence-corrected chi connectivity index (χ3v) is 4.83. The molecule has 0 spiro atoms. The van der Waals surface area contributed by atoms with Crippen LogP contribution in [0.25, 0.3) is 10.9 Å². The molecule has 1 atom stereocenters. The summed E-state index contributed by atoms with van der Waals surface area (Å²) in [5, 5.41) is 0.979. The molecule has 5 nitrogen and oxygen atoms in total. The Morgan fingerprint density at radius 3 is 2.07 bits per heavy atom. The molecular formula is C23H25NO4. The van der Waals surface area contributed by atoms with Crippen molar-refractivity contribution in [2.75, 3.05) is 13.2 Å². The molecule has 0 aliphatic rings. The lowest BCUT2D eigenvalue weighted by Gasteiger charge is -2.25. The van der Waals surface area contributed by atoms with E-state index in [-0.39, 0.29) is 13.2 Å². The van der Waals surface area contributed by atoms with Gasteiger partial charge in [-0.25, -0.2) is 0 Å². The maximum Gasteiger partial charge on any atom is 0.321 e. The van der Waals surface area contributed by atoms with Gasteiger partial charge in [0.2, 0.25) is 0 Å². The molecule has 0 aliphatic heterocycles. The van der Waals surface area contributed by atoms with Crippen molar-refractivity contribution in [2.45, 2.75) is 26.7 Å². The number of aryl methyl sites for hydroxylation is 1. The van der Waals surface area contributed by atoms with Gasteiger partial charge in [0.05, 0.1) is 13.2 Å². The highest BCUT2D eigenvalue weighted by Gasteiger charge is 2.41. The number of hydrogen-bond donors (Lipinski definition) is 1. The fourth-order valence-corrected chi connectivity index (χ4v) is 3.72. The van der Waals surface area contributed by atoms with Crippen molar-refractivity contribution >= 4 is 22.8 Å². The number of aromatic amines is 1. The summed E-state index contributed by atoms with van der Waals surface area (Å²) in [6, 6.07) is 17.5. The minimum atomic E-state index is -1.08. The van der Waals surface area contributed by atoms with Crippen LogP contribution in [0.15, 0.2) is 54.6 Å². The molecule has 0 saturated heterocycles. The van der Waals surface area contributed by atoms with Crippen LogP contribution in [0.5, 0.6) is 0 Å². The number of carbonyl (C=O) groups is 2. The number of fused-ring (bicyclic) bond motifs is 1. The Morgan fingerprint density at radius 2 is 1.46 bits per heavy atom. The van der Waals surface area contributed by atoms with Crippen LogP contribution >= 0.6 is 0 Å². The lowest BCUT2D eigenvalue weighted by molar-refractivity contribution is -0.162. The summed E-state index contributed by atoms with van der Waals surface area (Å²) in [5.41, 5.74) is 3.64. The number of nitrogens with one attached hydrogen (secondary N) is 1. The first-order chi connectivity index (χ1) is 13.6. The first-order valence-corrected chi connectivity index (χ1v) is 9.53. The van der Waals surface area contributed by atoms with E-state index >= 15 is 0 Å². The Bertz CT molecular complexity index is 943. The van der Waals surface area contributed by atoms with Crippen molar-refractivity contribution in [3.8, 4) is 0 Å². The van der Waals surface area contributed by atoms with E-state index in [4.69, 9.17) is 9.47 Å². The van der Waals surface area contributed by atoms with Gasteiger partial charge in [0.25, 0.3) is 0 Å². The van der Waals surface area contributed by atoms with E-state index in [1.807, 2.05) is 61.5 Å². The van der Waals surface area contributed by atoms with Gasteiger partial charge in [-0.1, -0.05) is 48.5 Å². The molecule has 3 rings (SSSR count). The van der Waals surface area contributed by atoms with Crippen molar-refractivity contribution in [1.82, 2.24) is 4.98 Å². The summed E-state index contributed by atoms with van der Waals surface area (Å²) in [5.74, 6) is -2.74. The van der Waals surface area contributed by atoms with Gasteiger partial charge < -0.3 is 14.5 Å². The van der Waals surface area contributed by atoms with Crippen molar-refractivity contribution < 1.29 is 19.1 Å². The van der Waals surface area contributed by atoms with E-state index in [1.165, 1.54) is 0 Å². The normalized spacial score (nSPS) is 12.1. The molecule has 2 aromatic carbocycles. The number of benzene rings is 2. The van der Waals surface area contributed by atoms with Gasteiger partial charge in [-0.2, -0.15) is 0 Å². The molecule has 1 heterocycles. The SMILES string of the molecule is CCOC(=O)C(C(=O)OCC)C(c1ccccc1)c1c(C)[nH]c2ccccc12. The Balaban J connectivity index is 2.24. The van der Waals surface area contributed by atoms with Crippen molar-refractivity contribution in [3.05, 3.63) is 71.4 Å². The molecule has 0 radical (unpaired) electrons. The van der Waals surface area contributed by atoms with Gasteiger partial charge in [-0.05, 0) is 38.0 Å². The van der Waals surface area contributed by atoms with Crippen molar-refractivity contribution in [2.24, 2.45) is 5.92 Å². The number of ether oxygens (including phenoxy) is 2. The Hall–Kier alpha value is -3.08. The molecule has 0 aliphatic carbocycles. The molecule has 1 aromatic heterocycles. The third-order valence-electron chi connectivity index (χ3n) is 4.83. The number of carbonyl (C=O) groups excluding carboxylic acids is 2. The van der Waals surface area contributed by atoms with Crippen LogP contribution in [0.2, 0.25) is 0 Å². The predicted octanol–water partition coefficient (Wildman–Crippen LogP) is 4.35. The second-order valence-electron chi connectivity index (χ2n) is 6.58. The minimum absolute atomic E-state index is 0.198. The maximum absolute atomic E-state index is 12.9. The van der Waals surface area contributed by atoms with E-state index in [1.54, 1.807) is 13.8 Å². The smallest absolute Gasteiger partial charge is 0.321 e. The molecule has 1 N–H and O–H groups in total. The molecule has 146 valence electrons. The van der Waals surface area contributed by atoms with Crippen LogP contribution in [0.1, 0.15) is 36.6 Å². The lowest BCUT2D eigenvalue weighted by atomic mass is 9.79. The zero-order chi connectivity index (χ0) is 20.1. The molecule has 0 saturated carbocycles. The van der Waals surface area contributed by atoms with Gasteiger partial charge in [0.15, 0.2) is 5.92 Å². The van der Waals surface area contributed by atoms with Gasteiger partial charge in [0, 0.05) is 22.5 Å². The van der Waals surface area contributed by atoms with Gasteiger partial charge in [-0.15, -0.1) is 0 Å². The number of aromatic nitrogens is 1. The predicted molar refractivity (Wildman–Crippen MR) is 108 cm³/mol. The van der Waals surface area contributed by atoms with E-state index < -0.39 is 23.8 Å². The number of H-pyrrole nitrogens is 1. The van der Waals surface area contributed by atoms with Crippen LogP contribution in [0, 0.1) is 12.8 Å². The summed E-state index contributed by atoms with van der Waals surface area (Å²) in [6.45, 7) is 5.81. The molecule has 0 fully saturated rings. The van der Waals surface area contributed by atoms with Crippen LogP contribution < -0.4 is 0 Å². The Labute approximate surface area is 164 Å². The van der Waals surface area contributed by atoms with Gasteiger partial charge >= 0.3 is 11.9 Å². The maximum atomic E-state index is 12.9. The summed E-state index contributed by atoms with van der Waals surface area (Å²) in [4.78, 5) is 29.1. The lowest BCUT2D eigenvalue weighted by Crippen LogP contribution is -2.34. The summed E-state index contributed by atoms with van der Waals surface area (Å²) >= 11 is 0. The first-order valence-electron chi connectivity index (χ1n) is 9.53. The fourth-order valence-electron chi connectivity index (χ4n) is 3.72. The second kappa shape index (κ2) is 8.74. The summed E-state index contributed by atoms with van der Waals surface area (Å²) in [7, 11) is 0. The fraction of sp³-hybridized carbons (Fsp3) is 0.304. The van der Waals surface area contributed by atoms with Crippen LogP contribution in [-0.2, 0) is 19.1 Å². The van der Waals surface area contributed by atoms with Crippen LogP contribution in [-0.4, -0.2) is 30.1 Å². The Morgan fingerprint density at radius 1 is 0.893 bits per heavy atom. The van der Waals surface area contributed by atoms with Crippen molar-refractivity contribution in [3.63, 3.8) is 0 Å². The molecule has 5 heteroatoms. The number of esters is 2.